The van der Waals surface area contributed by atoms with Gasteiger partial charge in [-0.15, -0.1) is 11.6 Å². The highest BCUT2D eigenvalue weighted by atomic mass is 35.5. The minimum atomic E-state index is -0.588. The van der Waals surface area contributed by atoms with Crippen molar-refractivity contribution in [2.45, 2.75) is 19.4 Å². The molecule has 0 radical (unpaired) electrons. The molecule has 0 spiro atoms. The molecule has 0 aliphatic heterocycles. The van der Waals surface area contributed by atoms with Crippen LogP contribution in [0.3, 0.4) is 0 Å². The molecular weight excluding hydrogens is 234 g/mol. The highest BCUT2D eigenvalue weighted by Crippen LogP contribution is 2.10. The number of rotatable bonds is 5. The van der Waals surface area contributed by atoms with E-state index in [0.717, 1.165) is 0 Å². The monoisotopic (exact) mass is 245 g/mol. The van der Waals surface area contributed by atoms with Gasteiger partial charge in [-0.3, -0.25) is 4.79 Å². The number of carbonyl (C=O) groups excluding carboxylic acids is 1. The van der Waals surface area contributed by atoms with Crippen molar-refractivity contribution in [2.75, 3.05) is 5.88 Å². The molecule has 2 N–H and O–H groups in total. The van der Waals surface area contributed by atoms with Crippen LogP contribution >= 0.6 is 11.6 Å². The molecular formula is C9H12ClN3O3. The van der Waals surface area contributed by atoms with Crippen molar-refractivity contribution in [1.29, 1.82) is 0 Å². The SMILES string of the molecule is CCC(CCl)NC(=O)c1ccc([N+](=O)[O-])[nH]1. The molecule has 1 aromatic rings. The summed E-state index contributed by atoms with van der Waals surface area (Å²) in [5, 5.41) is 13.1. The van der Waals surface area contributed by atoms with E-state index in [4.69, 9.17) is 11.6 Å². The lowest BCUT2D eigenvalue weighted by Crippen LogP contribution is -2.35. The first-order valence-corrected chi connectivity index (χ1v) is 5.32. The van der Waals surface area contributed by atoms with Crippen molar-refractivity contribution < 1.29 is 9.72 Å². The maximum atomic E-state index is 11.6. The van der Waals surface area contributed by atoms with Crippen molar-refractivity contribution in [3.63, 3.8) is 0 Å². The number of nitrogens with one attached hydrogen (secondary N) is 2. The fourth-order valence-electron chi connectivity index (χ4n) is 1.14. The van der Waals surface area contributed by atoms with Gasteiger partial charge in [0.05, 0.1) is 0 Å². The normalized spacial score (nSPS) is 12.1. The number of amides is 1. The largest absolute Gasteiger partial charge is 0.358 e. The summed E-state index contributed by atoms with van der Waals surface area (Å²) in [6.45, 7) is 1.89. The Morgan fingerprint density at radius 3 is 2.81 bits per heavy atom. The van der Waals surface area contributed by atoms with E-state index in [0.29, 0.717) is 12.3 Å². The first-order chi connectivity index (χ1) is 7.58. The number of aromatic nitrogens is 1. The van der Waals surface area contributed by atoms with E-state index < -0.39 is 4.92 Å². The van der Waals surface area contributed by atoms with Crippen molar-refractivity contribution in [3.8, 4) is 0 Å². The molecule has 1 atom stereocenters. The fourth-order valence-corrected chi connectivity index (χ4v) is 1.43. The van der Waals surface area contributed by atoms with Crippen molar-refractivity contribution in [3.05, 3.63) is 27.9 Å². The van der Waals surface area contributed by atoms with E-state index in [1.165, 1.54) is 12.1 Å². The Balaban J connectivity index is 2.69. The van der Waals surface area contributed by atoms with Crippen LogP contribution in [0, 0.1) is 10.1 Å². The van der Waals surface area contributed by atoms with Crippen molar-refractivity contribution in [1.82, 2.24) is 10.3 Å². The zero-order valence-corrected chi connectivity index (χ0v) is 9.45. The van der Waals surface area contributed by atoms with Gasteiger partial charge in [-0.2, -0.15) is 0 Å². The third-order valence-corrected chi connectivity index (χ3v) is 2.50. The Hall–Kier alpha value is -1.56. The zero-order valence-electron chi connectivity index (χ0n) is 8.70. The summed E-state index contributed by atoms with van der Waals surface area (Å²) in [4.78, 5) is 23.8. The molecule has 1 amide bonds. The lowest BCUT2D eigenvalue weighted by atomic mass is 10.2. The van der Waals surface area contributed by atoms with Crippen LogP contribution < -0.4 is 5.32 Å². The van der Waals surface area contributed by atoms with Gasteiger partial charge in [0, 0.05) is 18.0 Å². The van der Waals surface area contributed by atoms with E-state index in [1.54, 1.807) is 0 Å². The van der Waals surface area contributed by atoms with E-state index in [1.807, 2.05) is 6.92 Å². The van der Waals surface area contributed by atoms with Gasteiger partial charge in [0.2, 0.25) is 0 Å². The topological polar surface area (TPSA) is 88.0 Å². The molecule has 0 bridgehead atoms. The molecule has 0 fully saturated rings. The van der Waals surface area contributed by atoms with Gasteiger partial charge in [0.15, 0.2) is 5.69 Å². The van der Waals surface area contributed by atoms with Crippen molar-refractivity contribution >= 4 is 23.3 Å². The summed E-state index contributed by atoms with van der Waals surface area (Å²) in [5.41, 5.74) is 0.162. The number of H-pyrrole nitrogens is 1. The molecule has 7 heteroatoms. The maximum Gasteiger partial charge on any atom is 0.321 e. The van der Waals surface area contributed by atoms with Gasteiger partial charge >= 0.3 is 5.82 Å². The molecule has 1 unspecified atom stereocenters. The van der Waals surface area contributed by atoms with E-state index in [-0.39, 0.29) is 23.5 Å². The van der Waals surface area contributed by atoms with Gasteiger partial charge in [-0.1, -0.05) is 6.92 Å². The van der Waals surface area contributed by atoms with E-state index in [9.17, 15) is 14.9 Å². The molecule has 0 aliphatic rings. The summed E-state index contributed by atoms with van der Waals surface area (Å²) in [7, 11) is 0. The van der Waals surface area contributed by atoms with Crippen LogP contribution in [0.2, 0.25) is 0 Å². The van der Waals surface area contributed by atoms with E-state index in [2.05, 4.69) is 10.3 Å². The fraction of sp³-hybridized carbons (Fsp3) is 0.444. The molecule has 16 heavy (non-hydrogen) atoms. The predicted molar refractivity (Wildman–Crippen MR) is 59.7 cm³/mol. The lowest BCUT2D eigenvalue weighted by molar-refractivity contribution is -0.389. The van der Waals surface area contributed by atoms with Crippen LogP contribution in [0.25, 0.3) is 0 Å². The quantitative estimate of drug-likeness (QED) is 0.470. The summed E-state index contributed by atoms with van der Waals surface area (Å²) in [6, 6.07) is 2.49. The predicted octanol–water partition coefficient (Wildman–Crippen LogP) is 1.67. The van der Waals surface area contributed by atoms with Crippen molar-refractivity contribution in [2.24, 2.45) is 0 Å². The molecule has 0 aromatic carbocycles. The standard InChI is InChI=1S/C9H12ClN3O3/c1-2-6(5-10)11-9(14)7-3-4-8(12-7)13(15)16/h3-4,6,12H,2,5H2,1H3,(H,11,14). The van der Waals surface area contributed by atoms with Gasteiger partial charge in [0.25, 0.3) is 5.91 Å². The van der Waals surface area contributed by atoms with Gasteiger partial charge in [-0.25, -0.2) is 4.98 Å². The van der Waals surface area contributed by atoms with Gasteiger partial charge in [-0.05, 0) is 17.4 Å². The second-order valence-electron chi connectivity index (χ2n) is 3.25. The highest BCUT2D eigenvalue weighted by molar-refractivity contribution is 6.18. The number of halogens is 1. The Bertz CT molecular complexity index is 387. The van der Waals surface area contributed by atoms with E-state index >= 15 is 0 Å². The average Bonchev–Trinajstić information content (AvgIpc) is 2.74. The molecule has 1 aromatic heterocycles. The lowest BCUT2D eigenvalue weighted by Gasteiger charge is -2.11. The molecule has 1 rings (SSSR count). The van der Waals surface area contributed by atoms with Gasteiger partial charge < -0.3 is 15.4 Å². The smallest absolute Gasteiger partial charge is 0.321 e. The summed E-state index contributed by atoms with van der Waals surface area (Å²) in [5.74, 6) is -0.282. The first-order valence-electron chi connectivity index (χ1n) is 4.78. The third kappa shape index (κ3) is 2.96. The van der Waals surface area contributed by atoms with Gasteiger partial charge in [0.1, 0.15) is 0 Å². The minimum absolute atomic E-state index is 0.128. The third-order valence-electron chi connectivity index (χ3n) is 2.13. The summed E-state index contributed by atoms with van der Waals surface area (Å²) < 4.78 is 0. The number of aromatic amines is 1. The summed E-state index contributed by atoms with van der Waals surface area (Å²) in [6.07, 6.45) is 0.706. The summed E-state index contributed by atoms with van der Waals surface area (Å²) >= 11 is 5.62. The van der Waals surface area contributed by atoms with Crippen LogP contribution in [0.4, 0.5) is 5.82 Å². The molecule has 6 nitrogen and oxygen atoms in total. The number of nitro groups is 1. The average molecular weight is 246 g/mol. The van der Waals surface area contributed by atoms with Crippen LogP contribution in [0.5, 0.6) is 0 Å². The Morgan fingerprint density at radius 1 is 1.69 bits per heavy atom. The Kier molecular flexibility index (Phi) is 4.30. The number of nitrogens with zero attached hydrogens (tertiary/aromatic N) is 1. The number of hydrogen-bond donors (Lipinski definition) is 2. The molecule has 0 saturated heterocycles. The minimum Gasteiger partial charge on any atom is -0.358 e. The Morgan fingerprint density at radius 2 is 2.38 bits per heavy atom. The zero-order chi connectivity index (χ0) is 12.1. The van der Waals surface area contributed by atoms with Crippen LogP contribution in [0.1, 0.15) is 23.8 Å². The number of hydrogen-bond acceptors (Lipinski definition) is 3. The highest BCUT2D eigenvalue weighted by Gasteiger charge is 2.17. The number of carbonyl (C=O) groups is 1. The maximum absolute atomic E-state index is 11.6. The number of alkyl halides is 1. The Labute approximate surface area is 97.1 Å². The van der Waals surface area contributed by atoms with Crippen LogP contribution in [-0.4, -0.2) is 27.7 Å². The van der Waals surface area contributed by atoms with Crippen LogP contribution in [0.15, 0.2) is 12.1 Å². The molecule has 1 heterocycles. The first kappa shape index (κ1) is 12.5. The molecule has 0 aliphatic carbocycles. The van der Waals surface area contributed by atoms with Crippen LogP contribution in [-0.2, 0) is 0 Å². The molecule has 0 saturated carbocycles. The molecule has 88 valence electrons. The second-order valence-corrected chi connectivity index (χ2v) is 3.56. The second kappa shape index (κ2) is 5.50.